The number of H-pyrrole nitrogens is 1. The van der Waals surface area contributed by atoms with Gasteiger partial charge in [0.05, 0.1) is 10.5 Å². The molecule has 0 aliphatic heterocycles. The number of nitrogens with two attached hydrogens (primary N) is 1. The molecule has 0 radical (unpaired) electrons. The van der Waals surface area contributed by atoms with Crippen LogP contribution in [0.1, 0.15) is 42.6 Å². The van der Waals surface area contributed by atoms with Gasteiger partial charge in [0.15, 0.2) is 0 Å². The van der Waals surface area contributed by atoms with E-state index in [9.17, 15) is 9.59 Å². The Bertz CT molecular complexity index is 547. The second-order valence-corrected chi connectivity index (χ2v) is 5.33. The summed E-state index contributed by atoms with van der Waals surface area (Å²) >= 11 is 5.11. The Hall–Kier alpha value is -1.69. The van der Waals surface area contributed by atoms with E-state index in [4.69, 9.17) is 18.0 Å². The maximum absolute atomic E-state index is 12.2. The average Bonchev–Trinajstić information content (AvgIpc) is 2.39. The van der Waals surface area contributed by atoms with Gasteiger partial charge in [0.1, 0.15) is 5.69 Å². The van der Waals surface area contributed by atoms with Crippen LogP contribution in [0.25, 0.3) is 0 Å². The quantitative estimate of drug-likeness (QED) is 0.723. The molecule has 1 aliphatic carbocycles. The maximum Gasteiger partial charge on any atom is 0.268 e. The van der Waals surface area contributed by atoms with Crippen molar-refractivity contribution in [2.24, 2.45) is 5.73 Å². The molecular formula is C13H17N3O2S. The Kier molecular flexibility index (Phi) is 3.99. The molecule has 1 fully saturated rings. The Morgan fingerprint density at radius 3 is 2.58 bits per heavy atom. The first kappa shape index (κ1) is 13.7. The minimum Gasteiger partial charge on any atom is -0.391 e. The second-order valence-electron chi connectivity index (χ2n) is 4.89. The molecule has 19 heavy (non-hydrogen) atoms. The predicted molar refractivity (Wildman–Crippen MR) is 77.1 cm³/mol. The van der Waals surface area contributed by atoms with Gasteiger partial charge in [0.2, 0.25) is 5.56 Å². The van der Waals surface area contributed by atoms with Crippen molar-refractivity contribution in [3.05, 3.63) is 34.2 Å². The Morgan fingerprint density at radius 1 is 1.32 bits per heavy atom. The van der Waals surface area contributed by atoms with Crippen molar-refractivity contribution in [3.63, 3.8) is 0 Å². The van der Waals surface area contributed by atoms with Crippen LogP contribution in [-0.2, 0) is 0 Å². The molecule has 6 heteroatoms. The lowest BCUT2D eigenvalue weighted by Gasteiger charge is -2.37. The molecule has 0 unspecified atom stereocenters. The zero-order valence-electron chi connectivity index (χ0n) is 10.6. The summed E-state index contributed by atoms with van der Waals surface area (Å²) in [6, 6.07) is 4.47. The van der Waals surface area contributed by atoms with Crippen LogP contribution in [-0.4, -0.2) is 21.4 Å². The van der Waals surface area contributed by atoms with E-state index < -0.39 is 5.54 Å². The van der Waals surface area contributed by atoms with Crippen molar-refractivity contribution in [1.82, 2.24) is 10.3 Å². The van der Waals surface area contributed by atoms with E-state index in [2.05, 4.69) is 10.3 Å². The largest absolute Gasteiger partial charge is 0.391 e. The van der Waals surface area contributed by atoms with Crippen LogP contribution < -0.4 is 16.6 Å². The molecule has 0 spiro atoms. The van der Waals surface area contributed by atoms with E-state index >= 15 is 0 Å². The SMILES string of the molecule is NC(=S)C1(NC(=O)c2cccc(=O)[nH]2)CCCCC1. The van der Waals surface area contributed by atoms with Gasteiger partial charge < -0.3 is 16.0 Å². The number of amides is 1. The molecule has 0 saturated heterocycles. The highest BCUT2D eigenvalue weighted by molar-refractivity contribution is 7.80. The third kappa shape index (κ3) is 3.01. The molecule has 5 nitrogen and oxygen atoms in total. The van der Waals surface area contributed by atoms with Gasteiger partial charge in [0, 0.05) is 6.07 Å². The van der Waals surface area contributed by atoms with Gasteiger partial charge in [-0.3, -0.25) is 9.59 Å². The van der Waals surface area contributed by atoms with Gasteiger partial charge >= 0.3 is 0 Å². The van der Waals surface area contributed by atoms with E-state index in [0.717, 1.165) is 32.1 Å². The standard InChI is InChI=1S/C13H17N3O2S/c14-12(19)13(7-2-1-3-8-13)16-11(18)9-5-4-6-10(17)15-9/h4-6H,1-3,7-8H2,(H2,14,19)(H,15,17)(H,16,18). The van der Waals surface area contributed by atoms with Crippen LogP contribution in [0.5, 0.6) is 0 Å². The summed E-state index contributed by atoms with van der Waals surface area (Å²) in [5.74, 6) is -0.340. The second kappa shape index (κ2) is 5.52. The molecule has 1 aromatic heterocycles. The van der Waals surface area contributed by atoms with E-state index in [1.165, 1.54) is 6.07 Å². The first-order chi connectivity index (χ1) is 9.03. The van der Waals surface area contributed by atoms with Gasteiger partial charge in [-0.15, -0.1) is 0 Å². The molecule has 0 atom stereocenters. The summed E-state index contributed by atoms with van der Waals surface area (Å²) in [5.41, 5.74) is 5.11. The fourth-order valence-corrected chi connectivity index (χ4v) is 2.71. The summed E-state index contributed by atoms with van der Waals surface area (Å²) in [4.78, 5) is 26.2. The number of hydrogen-bond donors (Lipinski definition) is 3. The lowest BCUT2D eigenvalue weighted by Crippen LogP contribution is -2.57. The number of carbonyl (C=O) groups is 1. The van der Waals surface area contributed by atoms with Crippen LogP contribution in [0.4, 0.5) is 0 Å². The van der Waals surface area contributed by atoms with Gasteiger partial charge in [-0.1, -0.05) is 37.5 Å². The Balaban J connectivity index is 2.20. The summed E-state index contributed by atoms with van der Waals surface area (Å²) in [5, 5.41) is 2.90. The highest BCUT2D eigenvalue weighted by Gasteiger charge is 2.36. The van der Waals surface area contributed by atoms with Crippen LogP contribution in [0.3, 0.4) is 0 Å². The lowest BCUT2D eigenvalue weighted by molar-refractivity contribution is 0.0903. The molecule has 102 valence electrons. The molecule has 1 heterocycles. The molecule has 1 saturated carbocycles. The molecule has 2 rings (SSSR count). The van der Waals surface area contributed by atoms with E-state index in [1.807, 2.05) is 0 Å². The first-order valence-electron chi connectivity index (χ1n) is 6.35. The van der Waals surface area contributed by atoms with Gasteiger partial charge in [-0.05, 0) is 18.9 Å². The van der Waals surface area contributed by atoms with Crippen LogP contribution >= 0.6 is 12.2 Å². The molecule has 0 aromatic carbocycles. The lowest BCUT2D eigenvalue weighted by atomic mass is 9.81. The van der Waals surface area contributed by atoms with E-state index in [1.54, 1.807) is 12.1 Å². The normalized spacial score (nSPS) is 17.7. The maximum atomic E-state index is 12.2. The van der Waals surface area contributed by atoms with Crippen molar-refractivity contribution in [3.8, 4) is 0 Å². The minimum atomic E-state index is -0.614. The number of pyridine rings is 1. The third-order valence-electron chi connectivity index (χ3n) is 3.54. The summed E-state index contributed by atoms with van der Waals surface area (Å²) in [7, 11) is 0. The van der Waals surface area contributed by atoms with Gasteiger partial charge in [-0.2, -0.15) is 0 Å². The fourth-order valence-electron chi connectivity index (χ4n) is 2.45. The number of aromatic amines is 1. The van der Waals surface area contributed by atoms with Crippen molar-refractivity contribution >= 4 is 23.1 Å². The minimum absolute atomic E-state index is 0.230. The fraction of sp³-hybridized carbons (Fsp3) is 0.462. The first-order valence-corrected chi connectivity index (χ1v) is 6.76. The van der Waals surface area contributed by atoms with Crippen molar-refractivity contribution in [2.75, 3.05) is 0 Å². The highest BCUT2D eigenvalue weighted by Crippen LogP contribution is 2.28. The van der Waals surface area contributed by atoms with Gasteiger partial charge in [0.25, 0.3) is 5.91 Å². The van der Waals surface area contributed by atoms with Crippen molar-refractivity contribution in [1.29, 1.82) is 0 Å². The zero-order valence-corrected chi connectivity index (χ0v) is 11.4. The summed E-state index contributed by atoms with van der Waals surface area (Å²) in [6.45, 7) is 0. The van der Waals surface area contributed by atoms with Crippen LogP contribution in [0.2, 0.25) is 0 Å². The monoisotopic (exact) mass is 279 g/mol. The van der Waals surface area contributed by atoms with Crippen LogP contribution in [0.15, 0.2) is 23.0 Å². The number of thiocarbonyl (C=S) groups is 1. The number of carbonyl (C=O) groups excluding carboxylic acids is 1. The number of hydrogen-bond acceptors (Lipinski definition) is 3. The van der Waals surface area contributed by atoms with Crippen LogP contribution in [0, 0.1) is 0 Å². The number of rotatable bonds is 3. The Labute approximate surface area is 116 Å². The topological polar surface area (TPSA) is 88.0 Å². The molecular weight excluding hydrogens is 262 g/mol. The molecule has 1 amide bonds. The summed E-state index contributed by atoms with van der Waals surface area (Å²) < 4.78 is 0. The molecule has 0 bridgehead atoms. The zero-order chi connectivity index (χ0) is 13.9. The van der Waals surface area contributed by atoms with E-state index in [-0.39, 0.29) is 17.2 Å². The molecule has 1 aromatic rings. The predicted octanol–water partition coefficient (Wildman–Crippen LogP) is 1.09. The number of aromatic nitrogens is 1. The average molecular weight is 279 g/mol. The smallest absolute Gasteiger partial charge is 0.268 e. The number of nitrogens with one attached hydrogen (secondary N) is 2. The highest BCUT2D eigenvalue weighted by atomic mass is 32.1. The Morgan fingerprint density at radius 2 is 2.00 bits per heavy atom. The third-order valence-corrected chi connectivity index (χ3v) is 3.94. The van der Waals surface area contributed by atoms with Gasteiger partial charge in [-0.25, -0.2) is 0 Å². The summed E-state index contributed by atoms with van der Waals surface area (Å²) in [6.07, 6.45) is 4.62. The van der Waals surface area contributed by atoms with E-state index in [0.29, 0.717) is 4.99 Å². The van der Waals surface area contributed by atoms with Crippen molar-refractivity contribution < 1.29 is 4.79 Å². The molecule has 4 N–H and O–H groups in total. The molecule has 1 aliphatic rings. The van der Waals surface area contributed by atoms with Crippen molar-refractivity contribution in [2.45, 2.75) is 37.6 Å².